The number of alkyl halides is 3. The van der Waals surface area contributed by atoms with Gasteiger partial charge in [0.05, 0.1) is 16.6 Å². The molecule has 1 saturated heterocycles. The first kappa shape index (κ1) is 16.3. The third kappa shape index (κ3) is 3.36. The van der Waals surface area contributed by atoms with Crippen molar-refractivity contribution in [3.05, 3.63) is 30.0 Å². The minimum atomic E-state index is -4.63. The van der Waals surface area contributed by atoms with Crippen LogP contribution in [0.25, 0.3) is 10.9 Å². The van der Waals surface area contributed by atoms with Crippen molar-refractivity contribution in [2.24, 2.45) is 0 Å². The zero-order valence-corrected chi connectivity index (χ0v) is 12.8. The summed E-state index contributed by atoms with van der Waals surface area (Å²) in [5, 5.41) is 0.220. The zero-order valence-electron chi connectivity index (χ0n) is 12.0. The van der Waals surface area contributed by atoms with Crippen LogP contribution in [0.4, 0.5) is 13.2 Å². The second-order valence-corrected chi connectivity index (χ2v) is 7.13. The van der Waals surface area contributed by atoms with E-state index in [9.17, 15) is 21.6 Å². The summed E-state index contributed by atoms with van der Waals surface area (Å²) in [6.07, 6.45) is -1.89. The molecule has 0 aliphatic carbocycles. The van der Waals surface area contributed by atoms with Crippen molar-refractivity contribution in [1.29, 1.82) is 0 Å². The molecule has 3 rings (SSSR count). The summed E-state index contributed by atoms with van der Waals surface area (Å²) in [6.45, 7) is 0.614. The van der Waals surface area contributed by atoms with Gasteiger partial charge in [-0.25, -0.2) is 13.1 Å². The first-order valence-corrected chi connectivity index (χ1v) is 8.55. The molecule has 0 spiro atoms. The number of benzene rings is 1. The van der Waals surface area contributed by atoms with E-state index in [-0.39, 0.29) is 28.4 Å². The highest BCUT2D eigenvalue weighted by Crippen LogP contribution is 2.34. The molecule has 2 aromatic rings. The van der Waals surface area contributed by atoms with Crippen LogP contribution in [0.3, 0.4) is 0 Å². The van der Waals surface area contributed by atoms with Crippen LogP contribution in [0, 0.1) is 0 Å². The highest BCUT2D eigenvalue weighted by atomic mass is 32.2. The summed E-state index contributed by atoms with van der Waals surface area (Å²) in [4.78, 5) is 2.24. The summed E-state index contributed by atoms with van der Waals surface area (Å²) in [7, 11) is -4.08. The minimum Gasteiger partial charge on any atom is -0.377 e. The van der Waals surface area contributed by atoms with Gasteiger partial charge in [-0.3, -0.25) is 0 Å². The van der Waals surface area contributed by atoms with Gasteiger partial charge >= 0.3 is 6.18 Å². The molecule has 0 bridgehead atoms. The van der Waals surface area contributed by atoms with Crippen molar-refractivity contribution in [2.45, 2.75) is 30.0 Å². The summed E-state index contributed by atoms with van der Waals surface area (Å²) < 4.78 is 71.4. The van der Waals surface area contributed by atoms with Gasteiger partial charge in [0.1, 0.15) is 0 Å². The summed E-state index contributed by atoms with van der Waals surface area (Å²) in [5.74, 6) is 0. The molecule has 2 heterocycles. The number of aromatic amines is 1. The SMILES string of the molecule is O=S(=O)(NCC1CCCO1)c1cc(C(F)(F)F)cc2[nH]ccc12. The number of hydrogen-bond donors (Lipinski definition) is 2. The Morgan fingerprint density at radius 2 is 2.13 bits per heavy atom. The number of ether oxygens (including phenoxy) is 1. The van der Waals surface area contributed by atoms with Crippen molar-refractivity contribution in [2.75, 3.05) is 13.2 Å². The normalized spacial score (nSPS) is 19.5. The molecule has 1 aliphatic heterocycles. The van der Waals surface area contributed by atoms with Gasteiger partial charge in [0.25, 0.3) is 0 Å². The lowest BCUT2D eigenvalue weighted by Crippen LogP contribution is -2.32. The minimum absolute atomic E-state index is 0.0461. The quantitative estimate of drug-likeness (QED) is 0.892. The van der Waals surface area contributed by atoms with Crippen LogP contribution in [0.15, 0.2) is 29.3 Å². The molecule has 126 valence electrons. The molecule has 9 heteroatoms. The predicted octanol–water partition coefficient (Wildman–Crippen LogP) is 2.64. The van der Waals surface area contributed by atoms with Crippen LogP contribution in [0.5, 0.6) is 0 Å². The van der Waals surface area contributed by atoms with E-state index in [0.29, 0.717) is 12.7 Å². The standard InChI is InChI=1S/C14H15F3N2O3S/c15-14(16,17)9-6-12-11(3-4-18-12)13(7-9)23(20,21)19-8-10-2-1-5-22-10/h3-4,6-7,10,18-19H,1-2,5,8H2. The fraction of sp³-hybridized carbons (Fsp3) is 0.429. The van der Waals surface area contributed by atoms with E-state index >= 15 is 0 Å². The second kappa shape index (κ2) is 5.81. The van der Waals surface area contributed by atoms with Crippen LogP contribution in [-0.2, 0) is 20.9 Å². The van der Waals surface area contributed by atoms with E-state index in [1.807, 2.05) is 0 Å². The smallest absolute Gasteiger partial charge is 0.377 e. The lowest BCUT2D eigenvalue weighted by atomic mass is 10.1. The Balaban J connectivity index is 1.97. The lowest BCUT2D eigenvalue weighted by Gasteiger charge is -2.14. The first-order valence-electron chi connectivity index (χ1n) is 7.07. The Kier molecular flexibility index (Phi) is 4.11. The van der Waals surface area contributed by atoms with Crippen LogP contribution < -0.4 is 4.72 Å². The Morgan fingerprint density at radius 1 is 1.35 bits per heavy atom. The van der Waals surface area contributed by atoms with E-state index in [1.54, 1.807) is 0 Å². The van der Waals surface area contributed by atoms with E-state index in [0.717, 1.165) is 18.9 Å². The highest BCUT2D eigenvalue weighted by Gasteiger charge is 2.33. The van der Waals surface area contributed by atoms with Gasteiger partial charge in [-0.05, 0) is 31.0 Å². The average Bonchev–Trinajstić information content (AvgIpc) is 3.14. The maximum absolute atomic E-state index is 13.0. The number of sulfonamides is 1. The molecule has 5 nitrogen and oxygen atoms in total. The molecule has 2 N–H and O–H groups in total. The van der Waals surface area contributed by atoms with E-state index in [2.05, 4.69) is 9.71 Å². The highest BCUT2D eigenvalue weighted by molar-refractivity contribution is 7.89. The van der Waals surface area contributed by atoms with Crippen molar-refractivity contribution in [1.82, 2.24) is 9.71 Å². The number of nitrogens with one attached hydrogen (secondary N) is 2. The molecule has 23 heavy (non-hydrogen) atoms. The number of H-pyrrole nitrogens is 1. The van der Waals surface area contributed by atoms with Crippen molar-refractivity contribution in [3.63, 3.8) is 0 Å². The van der Waals surface area contributed by atoms with E-state index in [1.165, 1.54) is 12.3 Å². The number of halogens is 3. The van der Waals surface area contributed by atoms with Gasteiger partial charge in [-0.2, -0.15) is 13.2 Å². The largest absolute Gasteiger partial charge is 0.416 e. The van der Waals surface area contributed by atoms with E-state index in [4.69, 9.17) is 4.74 Å². The molecular weight excluding hydrogens is 333 g/mol. The molecular formula is C14H15F3N2O3S. The molecule has 1 fully saturated rings. The Bertz CT molecular complexity index is 808. The Labute approximate surface area is 130 Å². The van der Waals surface area contributed by atoms with Crippen molar-refractivity contribution in [3.8, 4) is 0 Å². The van der Waals surface area contributed by atoms with Crippen LogP contribution in [0.1, 0.15) is 18.4 Å². The molecule has 1 aromatic heterocycles. The third-order valence-corrected chi connectivity index (χ3v) is 5.24. The number of aromatic nitrogens is 1. The van der Waals surface area contributed by atoms with Gasteiger partial charge in [-0.15, -0.1) is 0 Å². The number of rotatable bonds is 4. The van der Waals surface area contributed by atoms with Crippen LogP contribution >= 0.6 is 0 Å². The molecule has 0 radical (unpaired) electrons. The average molecular weight is 348 g/mol. The molecule has 1 aromatic carbocycles. The second-order valence-electron chi connectivity index (χ2n) is 5.40. The molecule has 1 atom stereocenters. The van der Waals surface area contributed by atoms with Crippen LogP contribution in [0.2, 0.25) is 0 Å². The summed E-state index contributed by atoms with van der Waals surface area (Å²) in [6, 6.07) is 3.00. The van der Waals surface area contributed by atoms with Gasteiger partial charge in [0.2, 0.25) is 10.0 Å². The molecule has 0 saturated carbocycles. The van der Waals surface area contributed by atoms with Gasteiger partial charge in [-0.1, -0.05) is 0 Å². The van der Waals surface area contributed by atoms with Crippen molar-refractivity contribution < 1.29 is 26.3 Å². The topological polar surface area (TPSA) is 71.2 Å². The summed E-state index contributed by atoms with van der Waals surface area (Å²) >= 11 is 0. The fourth-order valence-corrected chi connectivity index (χ4v) is 3.91. The Hall–Kier alpha value is -1.58. The number of hydrogen-bond acceptors (Lipinski definition) is 3. The fourth-order valence-electron chi connectivity index (χ4n) is 2.60. The first-order chi connectivity index (χ1) is 10.8. The van der Waals surface area contributed by atoms with Gasteiger partial charge in [0.15, 0.2) is 0 Å². The molecule has 0 amide bonds. The zero-order chi connectivity index (χ0) is 16.7. The molecule has 1 unspecified atom stereocenters. The van der Waals surface area contributed by atoms with E-state index < -0.39 is 21.8 Å². The van der Waals surface area contributed by atoms with Gasteiger partial charge in [0, 0.05) is 30.3 Å². The maximum Gasteiger partial charge on any atom is 0.416 e. The summed E-state index contributed by atoms with van der Waals surface area (Å²) in [5.41, 5.74) is -0.887. The Morgan fingerprint density at radius 3 is 2.78 bits per heavy atom. The number of fused-ring (bicyclic) bond motifs is 1. The van der Waals surface area contributed by atoms with Crippen LogP contribution in [-0.4, -0.2) is 32.7 Å². The lowest BCUT2D eigenvalue weighted by molar-refractivity contribution is -0.137. The van der Waals surface area contributed by atoms with Crippen molar-refractivity contribution >= 4 is 20.9 Å². The molecule has 1 aliphatic rings. The third-order valence-electron chi connectivity index (χ3n) is 3.77. The maximum atomic E-state index is 13.0. The monoisotopic (exact) mass is 348 g/mol. The predicted molar refractivity (Wildman–Crippen MR) is 77.5 cm³/mol. The van der Waals surface area contributed by atoms with Gasteiger partial charge < -0.3 is 9.72 Å².